The van der Waals surface area contributed by atoms with Crippen LogP contribution in [0, 0.1) is 5.92 Å². The first kappa shape index (κ1) is 22.0. The molecule has 2 aliphatic heterocycles. The average molecular weight is 455 g/mol. The third-order valence-electron chi connectivity index (χ3n) is 5.82. The summed E-state index contributed by atoms with van der Waals surface area (Å²) in [6.07, 6.45) is 2.11. The Morgan fingerprint density at radius 3 is 2.72 bits per heavy atom. The predicted molar refractivity (Wildman–Crippen MR) is 117 cm³/mol. The number of fused-ring (bicyclic) bond motifs is 1. The van der Waals surface area contributed by atoms with Gasteiger partial charge in [-0.05, 0) is 48.2 Å². The van der Waals surface area contributed by atoms with E-state index >= 15 is 0 Å². The molecule has 1 aromatic carbocycles. The van der Waals surface area contributed by atoms with E-state index in [1.165, 1.54) is 4.90 Å². The highest BCUT2D eigenvalue weighted by Gasteiger charge is 2.39. The molecule has 0 radical (unpaired) electrons. The lowest BCUT2D eigenvalue weighted by Gasteiger charge is -2.29. The quantitative estimate of drug-likeness (QED) is 0.675. The van der Waals surface area contributed by atoms with Crippen LogP contribution in [0.15, 0.2) is 36.5 Å². The second kappa shape index (κ2) is 8.70. The maximum absolute atomic E-state index is 13.0. The van der Waals surface area contributed by atoms with E-state index in [1.54, 1.807) is 36.5 Å². The van der Waals surface area contributed by atoms with Gasteiger partial charge in [-0.15, -0.1) is 0 Å². The van der Waals surface area contributed by atoms with Gasteiger partial charge in [0.25, 0.3) is 11.8 Å². The Hall–Kier alpha value is -3.26. The summed E-state index contributed by atoms with van der Waals surface area (Å²) in [6.45, 7) is 4.14. The topological polar surface area (TPSA) is 108 Å². The fourth-order valence-corrected chi connectivity index (χ4v) is 4.36. The Kier molecular flexibility index (Phi) is 5.97. The molecular weight excluding hydrogens is 432 g/mol. The molecule has 0 saturated carbocycles. The molecule has 0 spiro atoms. The smallest absolute Gasteiger partial charge is 0.255 e. The summed E-state index contributed by atoms with van der Waals surface area (Å²) in [5.74, 6) is -1.33. The number of carbonyl (C=O) groups excluding carboxylic acids is 4. The summed E-state index contributed by atoms with van der Waals surface area (Å²) >= 11 is 6.29. The fourth-order valence-electron chi connectivity index (χ4n) is 4.12. The lowest BCUT2D eigenvalue weighted by atomic mass is 9.99. The highest BCUT2D eigenvalue weighted by molar-refractivity contribution is 6.31. The molecule has 2 atom stereocenters. The Balaban J connectivity index is 1.53. The molecule has 2 unspecified atom stereocenters. The van der Waals surface area contributed by atoms with Gasteiger partial charge in [0.1, 0.15) is 6.04 Å². The third-order valence-corrected chi connectivity index (χ3v) is 6.14. The van der Waals surface area contributed by atoms with E-state index in [0.29, 0.717) is 33.8 Å². The van der Waals surface area contributed by atoms with Crippen LogP contribution in [0.1, 0.15) is 64.7 Å². The summed E-state index contributed by atoms with van der Waals surface area (Å²) in [5, 5.41) is 5.75. The molecule has 32 heavy (non-hydrogen) atoms. The number of imide groups is 1. The van der Waals surface area contributed by atoms with E-state index in [2.05, 4.69) is 15.6 Å². The maximum Gasteiger partial charge on any atom is 0.255 e. The number of amides is 4. The van der Waals surface area contributed by atoms with E-state index in [-0.39, 0.29) is 42.6 Å². The predicted octanol–water partition coefficient (Wildman–Crippen LogP) is 2.62. The number of nitrogens with one attached hydrogen (secondary N) is 2. The number of pyridine rings is 1. The fraction of sp³-hybridized carbons (Fsp3) is 0.348. The minimum Gasteiger partial charge on any atom is -0.343 e. The van der Waals surface area contributed by atoms with Crippen molar-refractivity contribution in [2.75, 3.05) is 0 Å². The molecule has 0 aliphatic carbocycles. The number of hydrogen-bond donors (Lipinski definition) is 2. The zero-order valence-electron chi connectivity index (χ0n) is 17.7. The average Bonchev–Trinajstić information content (AvgIpc) is 3.08. The minimum absolute atomic E-state index is 0.0466. The molecule has 1 saturated heterocycles. The molecule has 9 heteroatoms. The van der Waals surface area contributed by atoms with Crippen molar-refractivity contribution >= 4 is 35.2 Å². The van der Waals surface area contributed by atoms with E-state index in [4.69, 9.17) is 11.6 Å². The van der Waals surface area contributed by atoms with Crippen molar-refractivity contribution in [3.63, 3.8) is 0 Å². The highest BCUT2D eigenvalue weighted by atomic mass is 35.5. The molecule has 4 rings (SSSR count). The first-order valence-corrected chi connectivity index (χ1v) is 10.8. The molecule has 2 N–H and O–H groups in total. The number of halogens is 1. The van der Waals surface area contributed by atoms with Gasteiger partial charge in [-0.1, -0.05) is 25.4 Å². The third kappa shape index (κ3) is 4.10. The number of piperidine rings is 1. The molecule has 3 heterocycles. The molecule has 1 aromatic heterocycles. The summed E-state index contributed by atoms with van der Waals surface area (Å²) in [6, 6.07) is 7.26. The maximum atomic E-state index is 13.0. The van der Waals surface area contributed by atoms with Crippen LogP contribution in [0.2, 0.25) is 5.02 Å². The van der Waals surface area contributed by atoms with E-state index in [0.717, 1.165) is 0 Å². The summed E-state index contributed by atoms with van der Waals surface area (Å²) in [4.78, 5) is 55.3. The Labute approximate surface area is 190 Å². The van der Waals surface area contributed by atoms with Crippen LogP contribution in [-0.4, -0.2) is 39.6 Å². The number of hydrogen-bond acceptors (Lipinski definition) is 5. The van der Waals surface area contributed by atoms with E-state index < -0.39 is 11.9 Å². The molecular formula is C23H23ClN4O4. The second-order valence-electron chi connectivity index (χ2n) is 8.34. The first-order chi connectivity index (χ1) is 15.3. The van der Waals surface area contributed by atoms with Crippen LogP contribution in [-0.2, 0) is 16.1 Å². The number of rotatable bonds is 5. The summed E-state index contributed by atoms with van der Waals surface area (Å²) in [7, 11) is 0. The van der Waals surface area contributed by atoms with Crippen molar-refractivity contribution in [3.8, 4) is 0 Å². The summed E-state index contributed by atoms with van der Waals surface area (Å²) in [5.41, 5.74) is 2.13. The summed E-state index contributed by atoms with van der Waals surface area (Å²) < 4.78 is 0. The van der Waals surface area contributed by atoms with E-state index in [9.17, 15) is 19.2 Å². The zero-order valence-corrected chi connectivity index (χ0v) is 18.5. The highest BCUT2D eigenvalue weighted by Crippen LogP contribution is 2.29. The molecule has 4 amide bonds. The van der Waals surface area contributed by atoms with Crippen molar-refractivity contribution in [3.05, 3.63) is 63.9 Å². The number of benzene rings is 1. The van der Waals surface area contributed by atoms with Crippen molar-refractivity contribution in [2.45, 2.75) is 45.3 Å². The van der Waals surface area contributed by atoms with Gasteiger partial charge in [0.05, 0.1) is 16.8 Å². The molecule has 166 valence electrons. The Morgan fingerprint density at radius 1 is 1.25 bits per heavy atom. The Morgan fingerprint density at radius 2 is 2.03 bits per heavy atom. The van der Waals surface area contributed by atoms with Gasteiger partial charge in [0.2, 0.25) is 11.8 Å². The Bertz CT molecular complexity index is 1120. The van der Waals surface area contributed by atoms with Crippen molar-refractivity contribution in [2.24, 2.45) is 5.92 Å². The zero-order chi connectivity index (χ0) is 23.0. The van der Waals surface area contributed by atoms with Gasteiger partial charge in [-0.25, -0.2) is 0 Å². The van der Waals surface area contributed by atoms with Gasteiger partial charge in [-0.3, -0.25) is 29.5 Å². The molecule has 2 aliphatic rings. The van der Waals surface area contributed by atoms with Gasteiger partial charge in [0.15, 0.2) is 0 Å². The van der Waals surface area contributed by atoms with Crippen LogP contribution in [0.3, 0.4) is 0 Å². The van der Waals surface area contributed by atoms with Crippen LogP contribution in [0.4, 0.5) is 0 Å². The number of aromatic nitrogens is 1. The SMILES string of the molecule is CC(C)C(NC(=O)c1ccc2c(c1)CN(C1CCC(=O)NC1=O)C2=O)c1ncccc1Cl. The molecule has 8 nitrogen and oxygen atoms in total. The molecule has 2 aromatic rings. The monoisotopic (exact) mass is 454 g/mol. The van der Waals surface area contributed by atoms with Crippen LogP contribution < -0.4 is 10.6 Å². The van der Waals surface area contributed by atoms with Gasteiger partial charge >= 0.3 is 0 Å². The second-order valence-corrected chi connectivity index (χ2v) is 8.74. The van der Waals surface area contributed by atoms with Crippen LogP contribution >= 0.6 is 11.6 Å². The van der Waals surface area contributed by atoms with Gasteiger partial charge in [-0.2, -0.15) is 0 Å². The number of carbonyl (C=O) groups is 4. The van der Waals surface area contributed by atoms with Crippen molar-refractivity contribution in [1.82, 2.24) is 20.5 Å². The van der Waals surface area contributed by atoms with Gasteiger partial charge in [0, 0.05) is 30.3 Å². The van der Waals surface area contributed by atoms with Gasteiger partial charge < -0.3 is 10.2 Å². The number of nitrogens with zero attached hydrogens (tertiary/aromatic N) is 2. The van der Waals surface area contributed by atoms with Crippen LogP contribution in [0.5, 0.6) is 0 Å². The largest absolute Gasteiger partial charge is 0.343 e. The van der Waals surface area contributed by atoms with Crippen LogP contribution in [0.25, 0.3) is 0 Å². The normalized spacial score (nSPS) is 19.1. The first-order valence-electron chi connectivity index (χ1n) is 10.4. The lowest BCUT2D eigenvalue weighted by Crippen LogP contribution is -2.52. The van der Waals surface area contributed by atoms with E-state index in [1.807, 2.05) is 13.8 Å². The van der Waals surface area contributed by atoms with Crippen molar-refractivity contribution in [1.29, 1.82) is 0 Å². The van der Waals surface area contributed by atoms with Crippen molar-refractivity contribution < 1.29 is 19.2 Å². The molecule has 0 bridgehead atoms. The molecule has 1 fully saturated rings. The standard InChI is InChI=1S/C23H23ClN4O4/c1-12(2)19(20-16(24)4-3-9-25-20)27-21(30)13-5-6-15-14(10-13)11-28(23(15)32)17-7-8-18(29)26-22(17)31/h3-6,9-10,12,17,19H,7-8,11H2,1-2H3,(H,27,30)(H,26,29,31). The minimum atomic E-state index is -0.693. The lowest BCUT2D eigenvalue weighted by molar-refractivity contribution is -0.136.